The van der Waals surface area contributed by atoms with Crippen LogP contribution in [0.2, 0.25) is 0 Å². The molecule has 0 unspecified atom stereocenters. The normalized spacial score (nSPS) is 10.9. The van der Waals surface area contributed by atoms with Gasteiger partial charge in [0, 0.05) is 5.69 Å². The molecule has 0 aromatic heterocycles. The van der Waals surface area contributed by atoms with E-state index < -0.39 is 18.1 Å². The number of amides is 1. The van der Waals surface area contributed by atoms with Gasteiger partial charge in [0.2, 0.25) is 0 Å². The van der Waals surface area contributed by atoms with E-state index in [4.69, 9.17) is 4.74 Å². The summed E-state index contributed by atoms with van der Waals surface area (Å²) >= 11 is 0. The van der Waals surface area contributed by atoms with Gasteiger partial charge in [-0.25, -0.2) is 4.79 Å². The molecule has 23 heavy (non-hydrogen) atoms. The zero-order valence-electron chi connectivity index (χ0n) is 11.8. The first-order valence-corrected chi connectivity index (χ1v) is 6.55. The molecule has 0 radical (unpaired) electrons. The first-order valence-electron chi connectivity index (χ1n) is 6.55. The lowest BCUT2D eigenvalue weighted by Crippen LogP contribution is -2.29. The molecule has 7 heteroatoms. The first kappa shape index (κ1) is 16.5. The van der Waals surface area contributed by atoms with E-state index in [9.17, 15) is 22.8 Å². The molecule has 2 aromatic rings. The Morgan fingerprint density at radius 2 is 1.57 bits per heavy atom. The van der Waals surface area contributed by atoms with Crippen LogP contribution in [0.25, 0.3) is 0 Å². The summed E-state index contributed by atoms with van der Waals surface area (Å²) in [7, 11) is 0. The Hall–Kier alpha value is -2.83. The van der Waals surface area contributed by atoms with E-state index in [-0.39, 0.29) is 17.9 Å². The van der Waals surface area contributed by atoms with Gasteiger partial charge >= 0.3 is 18.1 Å². The molecule has 0 saturated heterocycles. The van der Waals surface area contributed by atoms with Crippen molar-refractivity contribution in [2.75, 3.05) is 5.32 Å². The lowest BCUT2D eigenvalue weighted by Gasteiger charge is -2.09. The highest BCUT2D eigenvalue weighted by molar-refractivity contribution is 5.95. The number of esters is 1. The largest absolute Gasteiger partial charge is 0.471 e. The number of benzene rings is 2. The van der Waals surface area contributed by atoms with Gasteiger partial charge in [-0.15, -0.1) is 0 Å². The number of nitrogens with one attached hydrogen (secondary N) is 1. The second kappa shape index (κ2) is 6.95. The van der Waals surface area contributed by atoms with Crippen molar-refractivity contribution < 1.29 is 27.5 Å². The average Bonchev–Trinajstić information content (AvgIpc) is 2.53. The van der Waals surface area contributed by atoms with Crippen molar-refractivity contribution in [2.24, 2.45) is 0 Å². The summed E-state index contributed by atoms with van der Waals surface area (Å²) < 4.78 is 41.4. The number of hydrogen-bond donors (Lipinski definition) is 1. The third-order valence-corrected chi connectivity index (χ3v) is 2.85. The molecule has 120 valence electrons. The number of rotatable bonds is 4. The summed E-state index contributed by atoms with van der Waals surface area (Å²) in [5, 5.41) is 1.69. The lowest BCUT2D eigenvalue weighted by atomic mass is 10.2. The standard InChI is InChI=1S/C16H12F3NO3/c17-16(18,19)15(22)20-13-8-6-12(7-9-13)14(21)23-10-11-4-2-1-3-5-11/h1-9H,10H2,(H,20,22). The molecule has 0 aliphatic rings. The van der Waals surface area contributed by atoms with Crippen LogP contribution < -0.4 is 5.32 Å². The van der Waals surface area contributed by atoms with Gasteiger partial charge in [-0.05, 0) is 29.8 Å². The number of alkyl halides is 3. The predicted octanol–water partition coefficient (Wildman–Crippen LogP) is 3.54. The summed E-state index contributed by atoms with van der Waals surface area (Å²) in [5.41, 5.74) is 0.924. The fourth-order valence-electron chi connectivity index (χ4n) is 1.70. The number of carbonyl (C=O) groups is 2. The summed E-state index contributed by atoms with van der Waals surface area (Å²) in [6, 6.07) is 14.0. The monoisotopic (exact) mass is 323 g/mol. The summed E-state index contributed by atoms with van der Waals surface area (Å²) in [6.45, 7) is 0.0895. The average molecular weight is 323 g/mol. The Kier molecular flexibility index (Phi) is 5.00. The van der Waals surface area contributed by atoms with E-state index in [2.05, 4.69) is 0 Å². The van der Waals surface area contributed by atoms with Crippen LogP contribution in [0.3, 0.4) is 0 Å². The molecule has 0 heterocycles. The smallest absolute Gasteiger partial charge is 0.457 e. The molecule has 0 atom stereocenters. The zero-order chi connectivity index (χ0) is 16.9. The molecule has 0 fully saturated rings. The summed E-state index contributed by atoms with van der Waals surface area (Å²) in [5.74, 6) is -2.68. The maximum atomic E-state index is 12.1. The SMILES string of the molecule is O=C(OCc1ccccc1)c1ccc(NC(=O)C(F)(F)F)cc1. The Balaban J connectivity index is 1.94. The molecule has 1 N–H and O–H groups in total. The van der Waals surface area contributed by atoms with E-state index in [1.807, 2.05) is 6.07 Å². The van der Waals surface area contributed by atoms with Crippen LogP contribution in [0.1, 0.15) is 15.9 Å². The van der Waals surface area contributed by atoms with Gasteiger partial charge < -0.3 is 10.1 Å². The minimum absolute atomic E-state index is 0.0630. The van der Waals surface area contributed by atoms with Crippen LogP contribution in [0.4, 0.5) is 18.9 Å². The third-order valence-electron chi connectivity index (χ3n) is 2.85. The van der Waals surface area contributed by atoms with E-state index in [0.29, 0.717) is 0 Å². The molecule has 0 spiro atoms. The Morgan fingerprint density at radius 1 is 0.957 bits per heavy atom. The number of anilines is 1. The molecule has 0 bridgehead atoms. The number of ether oxygens (including phenoxy) is 1. The van der Waals surface area contributed by atoms with Crippen LogP contribution in [-0.2, 0) is 16.1 Å². The minimum atomic E-state index is -4.96. The fourth-order valence-corrected chi connectivity index (χ4v) is 1.70. The number of hydrogen-bond acceptors (Lipinski definition) is 3. The van der Waals surface area contributed by atoms with E-state index in [1.54, 1.807) is 29.6 Å². The fraction of sp³-hybridized carbons (Fsp3) is 0.125. The van der Waals surface area contributed by atoms with Crippen LogP contribution in [0.15, 0.2) is 54.6 Å². The second-order valence-corrected chi connectivity index (χ2v) is 4.59. The highest BCUT2D eigenvalue weighted by Crippen LogP contribution is 2.18. The van der Waals surface area contributed by atoms with Gasteiger partial charge in [-0.1, -0.05) is 30.3 Å². The van der Waals surface area contributed by atoms with Crippen molar-refractivity contribution >= 4 is 17.6 Å². The maximum absolute atomic E-state index is 12.1. The molecule has 0 aliphatic heterocycles. The molecule has 4 nitrogen and oxygen atoms in total. The van der Waals surface area contributed by atoms with Gasteiger partial charge in [-0.2, -0.15) is 13.2 Å². The number of halogens is 3. The van der Waals surface area contributed by atoms with Crippen LogP contribution in [-0.4, -0.2) is 18.1 Å². The van der Waals surface area contributed by atoms with Crippen molar-refractivity contribution in [3.8, 4) is 0 Å². The van der Waals surface area contributed by atoms with Crippen LogP contribution in [0, 0.1) is 0 Å². The van der Waals surface area contributed by atoms with Gasteiger partial charge in [0.05, 0.1) is 5.56 Å². The van der Waals surface area contributed by atoms with Gasteiger partial charge in [-0.3, -0.25) is 4.79 Å². The second-order valence-electron chi connectivity index (χ2n) is 4.59. The molecule has 1 amide bonds. The van der Waals surface area contributed by atoms with Gasteiger partial charge in [0.1, 0.15) is 6.61 Å². The van der Waals surface area contributed by atoms with Crippen LogP contribution >= 0.6 is 0 Å². The minimum Gasteiger partial charge on any atom is -0.457 e. The highest BCUT2D eigenvalue weighted by atomic mass is 19.4. The van der Waals surface area contributed by atoms with Crippen LogP contribution in [0.5, 0.6) is 0 Å². The van der Waals surface area contributed by atoms with Crippen molar-refractivity contribution in [1.82, 2.24) is 0 Å². The highest BCUT2D eigenvalue weighted by Gasteiger charge is 2.38. The summed E-state index contributed by atoms with van der Waals surface area (Å²) in [6.07, 6.45) is -4.96. The molecule has 2 aromatic carbocycles. The lowest BCUT2D eigenvalue weighted by molar-refractivity contribution is -0.167. The van der Waals surface area contributed by atoms with E-state index >= 15 is 0 Å². The maximum Gasteiger partial charge on any atom is 0.471 e. The third kappa shape index (κ3) is 4.84. The Morgan fingerprint density at radius 3 is 2.13 bits per heavy atom. The summed E-state index contributed by atoms with van der Waals surface area (Å²) in [4.78, 5) is 22.6. The predicted molar refractivity (Wildman–Crippen MR) is 76.7 cm³/mol. The molecule has 0 aliphatic carbocycles. The number of carbonyl (C=O) groups excluding carboxylic acids is 2. The van der Waals surface area contributed by atoms with Crippen molar-refractivity contribution in [1.29, 1.82) is 0 Å². The van der Waals surface area contributed by atoms with Crippen molar-refractivity contribution in [2.45, 2.75) is 12.8 Å². The van der Waals surface area contributed by atoms with Gasteiger partial charge in [0.25, 0.3) is 0 Å². The topological polar surface area (TPSA) is 55.4 Å². The quantitative estimate of drug-likeness (QED) is 0.876. The molecule has 0 saturated carbocycles. The zero-order valence-corrected chi connectivity index (χ0v) is 11.8. The van der Waals surface area contributed by atoms with Crippen molar-refractivity contribution in [3.05, 3.63) is 65.7 Å². The molecular weight excluding hydrogens is 311 g/mol. The van der Waals surface area contributed by atoms with E-state index in [0.717, 1.165) is 5.56 Å². The molecular formula is C16H12F3NO3. The first-order chi connectivity index (χ1) is 10.9. The van der Waals surface area contributed by atoms with Gasteiger partial charge in [0.15, 0.2) is 0 Å². The van der Waals surface area contributed by atoms with E-state index in [1.165, 1.54) is 24.3 Å². The van der Waals surface area contributed by atoms with Crippen molar-refractivity contribution in [3.63, 3.8) is 0 Å². The molecule has 2 rings (SSSR count). The Labute approximate surface area is 129 Å². The Bertz CT molecular complexity index is 682.